The monoisotopic (exact) mass is 364 g/mol. The fraction of sp³-hybridized carbons (Fsp3) is 0.938. The minimum atomic E-state index is 0.388. The van der Waals surface area contributed by atoms with Gasteiger partial charge in [-0.2, -0.15) is 0 Å². The van der Waals surface area contributed by atoms with Gasteiger partial charge in [0.2, 0.25) is 0 Å². The third kappa shape index (κ3) is 5.18. The largest absolute Gasteiger partial charge is 0.299 e. The highest BCUT2D eigenvalue weighted by atomic mass is 127. The predicted molar refractivity (Wildman–Crippen MR) is 87.2 cm³/mol. The van der Waals surface area contributed by atoms with Gasteiger partial charge in [0.15, 0.2) is 0 Å². The summed E-state index contributed by atoms with van der Waals surface area (Å²) in [4.78, 5) is 12.4. The molecule has 1 aliphatic carbocycles. The number of carbonyl (C=O) groups excluding carboxylic acids is 1. The van der Waals surface area contributed by atoms with Gasteiger partial charge in [-0.05, 0) is 37.5 Å². The first-order valence-corrected chi connectivity index (χ1v) is 8.99. The van der Waals surface area contributed by atoms with E-state index in [2.05, 4.69) is 43.4 Å². The van der Waals surface area contributed by atoms with Gasteiger partial charge in [0.25, 0.3) is 0 Å². The average Bonchev–Trinajstić information content (AvgIpc) is 2.38. The van der Waals surface area contributed by atoms with Crippen molar-refractivity contribution in [1.82, 2.24) is 0 Å². The van der Waals surface area contributed by atoms with Crippen LogP contribution in [0.25, 0.3) is 0 Å². The Morgan fingerprint density at radius 1 is 1.22 bits per heavy atom. The second-order valence-corrected chi connectivity index (χ2v) is 7.82. The Morgan fingerprint density at radius 3 is 2.33 bits per heavy atom. The first-order chi connectivity index (χ1) is 8.58. The molecule has 1 fully saturated rings. The van der Waals surface area contributed by atoms with Crippen molar-refractivity contribution in [2.24, 2.45) is 17.8 Å². The molecule has 0 saturated heterocycles. The molecule has 0 N–H and O–H groups in total. The first-order valence-electron chi connectivity index (χ1n) is 7.75. The maximum atomic E-state index is 12.4. The van der Waals surface area contributed by atoms with Crippen molar-refractivity contribution in [2.75, 3.05) is 0 Å². The van der Waals surface area contributed by atoms with Gasteiger partial charge in [-0.25, -0.2) is 0 Å². The number of rotatable bonds is 7. The second-order valence-electron chi connectivity index (χ2n) is 6.05. The zero-order valence-corrected chi connectivity index (χ0v) is 14.4. The van der Waals surface area contributed by atoms with E-state index in [1.165, 1.54) is 32.1 Å². The van der Waals surface area contributed by atoms with Crippen molar-refractivity contribution in [1.29, 1.82) is 0 Å². The van der Waals surface area contributed by atoms with Gasteiger partial charge < -0.3 is 0 Å². The zero-order chi connectivity index (χ0) is 13.5. The van der Waals surface area contributed by atoms with Crippen molar-refractivity contribution < 1.29 is 4.79 Å². The molecule has 1 aliphatic rings. The van der Waals surface area contributed by atoms with Crippen LogP contribution in [0.15, 0.2) is 0 Å². The molecule has 1 nitrogen and oxygen atoms in total. The molecule has 106 valence electrons. The van der Waals surface area contributed by atoms with E-state index in [1.54, 1.807) is 0 Å². The van der Waals surface area contributed by atoms with Crippen molar-refractivity contribution in [3.63, 3.8) is 0 Å². The van der Waals surface area contributed by atoms with Crippen molar-refractivity contribution in [2.45, 2.75) is 76.1 Å². The van der Waals surface area contributed by atoms with Gasteiger partial charge in [-0.15, -0.1) is 0 Å². The highest BCUT2D eigenvalue weighted by Crippen LogP contribution is 2.33. The van der Waals surface area contributed by atoms with Crippen LogP contribution in [0.4, 0.5) is 0 Å². The van der Waals surface area contributed by atoms with Crippen LogP contribution in [-0.2, 0) is 4.79 Å². The van der Waals surface area contributed by atoms with Crippen molar-refractivity contribution >= 4 is 28.4 Å². The van der Waals surface area contributed by atoms with Crippen molar-refractivity contribution in [3.05, 3.63) is 0 Å². The van der Waals surface area contributed by atoms with E-state index in [9.17, 15) is 4.79 Å². The van der Waals surface area contributed by atoms with Gasteiger partial charge in [0, 0.05) is 16.3 Å². The molecular weight excluding hydrogens is 335 g/mol. The second kappa shape index (κ2) is 8.55. The van der Waals surface area contributed by atoms with Crippen LogP contribution >= 0.6 is 22.6 Å². The maximum Gasteiger partial charge on any atom is 0.136 e. The molecule has 0 spiro atoms. The van der Waals surface area contributed by atoms with E-state index in [-0.39, 0.29) is 0 Å². The standard InChI is InChI=1S/C16H29IO/c1-4-6-14(12(3)5-2)11-16(18)13-7-9-15(17)10-8-13/h12-15H,4-11H2,1-3H3/t12?,13?,14-,15?/m0/s1. The molecule has 0 radical (unpaired) electrons. The van der Waals surface area contributed by atoms with E-state index in [0.29, 0.717) is 23.5 Å². The molecule has 1 rings (SSSR count). The van der Waals surface area contributed by atoms with Crippen LogP contribution in [0.5, 0.6) is 0 Å². The van der Waals surface area contributed by atoms with Gasteiger partial charge in [0.1, 0.15) is 5.78 Å². The summed E-state index contributed by atoms with van der Waals surface area (Å²) in [5.74, 6) is 2.29. The summed E-state index contributed by atoms with van der Waals surface area (Å²) in [6.45, 7) is 6.80. The highest BCUT2D eigenvalue weighted by Gasteiger charge is 2.27. The number of hydrogen-bond donors (Lipinski definition) is 0. The molecule has 18 heavy (non-hydrogen) atoms. The lowest BCUT2D eigenvalue weighted by atomic mass is 9.78. The molecule has 0 aliphatic heterocycles. The normalized spacial score (nSPS) is 27.8. The molecule has 0 aromatic heterocycles. The van der Waals surface area contributed by atoms with Crippen LogP contribution in [0.3, 0.4) is 0 Å². The summed E-state index contributed by atoms with van der Waals surface area (Å²) in [6, 6.07) is 0. The summed E-state index contributed by atoms with van der Waals surface area (Å²) < 4.78 is 0.813. The lowest BCUT2D eigenvalue weighted by Gasteiger charge is -2.27. The quantitative estimate of drug-likeness (QED) is 0.437. The van der Waals surface area contributed by atoms with E-state index in [0.717, 1.165) is 23.2 Å². The first kappa shape index (κ1) is 16.5. The Bertz CT molecular complexity index is 243. The molecule has 0 bridgehead atoms. The Labute approximate surface area is 127 Å². The van der Waals surface area contributed by atoms with Crippen LogP contribution in [0.1, 0.15) is 72.1 Å². The van der Waals surface area contributed by atoms with Crippen LogP contribution in [0.2, 0.25) is 0 Å². The topological polar surface area (TPSA) is 17.1 Å². The summed E-state index contributed by atoms with van der Waals surface area (Å²) >= 11 is 2.53. The summed E-state index contributed by atoms with van der Waals surface area (Å²) in [6.07, 6.45) is 9.28. The number of carbonyl (C=O) groups is 1. The molecule has 0 aromatic carbocycles. The molecule has 0 amide bonds. The van der Waals surface area contributed by atoms with Crippen LogP contribution in [0, 0.1) is 17.8 Å². The zero-order valence-electron chi connectivity index (χ0n) is 12.3. The Balaban J connectivity index is 2.45. The van der Waals surface area contributed by atoms with E-state index < -0.39 is 0 Å². The van der Waals surface area contributed by atoms with Gasteiger partial charge in [-0.1, -0.05) is 62.6 Å². The summed E-state index contributed by atoms with van der Waals surface area (Å²) in [7, 11) is 0. The maximum absolute atomic E-state index is 12.4. The van der Waals surface area contributed by atoms with Gasteiger partial charge >= 0.3 is 0 Å². The Morgan fingerprint density at radius 2 is 1.83 bits per heavy atom. The van der Waals surface area contributed by atoms with E-state index in [1.807, 2.05) is 0 Å². The molecular formula is C16H29IO. The van der Waals surface area contributed by atoms with Crippen molar-refractivity contribution in [3.8, 4) is 0 Å². The van der Waals surface area contributed by atoms with Gasteiger partial charge in [-0.3, -0.25) is 4.79 Å². The van der Waals surface area contributed by atoms with Crippen LogP contribution < -0.4 is 0 Å². The van der Waals surface area contributed by atoms with E-state index >= 15 is 0 Å². The molecule has 1 unspecified atom stereocenters. The third-order valence-electron chi connectivity index (χ3n) is 4.68. The average molecular weight is 364 g/mol. The number of Topliss-reactive ketones (excluding diaryl/α,β-unsaturated/α-hetero) is 1. The number of hydrogen-bond acceptors (Lipinski definition) is 1. The molecule has 0 heterocycles. The fourth-order valence-electron chi connectivity index (χ4n) is 3.09. The Kier molecular flexibility index (Phi) is 7.81. The summed E-state index contributed by atoms with van der Waals surface area (Å²) in [5.41, 5.74) is 0. The number of alkyl halides is 1. The molecule has 2 heteroatoms. The third-order valence-corrected chi connectivity index (χ3v) is 5.93. The number of ketones is 1. The Hall–Kier alpha value is 0.400. The lowest BCUT2D eigenvalue weighted by Crippen LogP contribution is -2.25. The number of halogens is 1. The molecule has 0 aromatic rings. The highest BCUT2D eigenvalue weighted by molar-refractivity contribution is 14.1. The minimum absolute atomic E-state index is 0.388. The molecule has 1 saturated carbocycles. The smallest absolute Gasteiger partial charge is 0.136 e. The minimum Gasteiger partial charge on any atom is -0.299 e. The fourth-order valence-corrected chi connectivity index (χ4v) is 3.81. The van der Waals surface area contributed by atoms with Crippen LogP contribution in [-0.4, -0.2) is 9.71 Å². The van der Waals surface area contributed by atoms with E-state index in [4.69, 9.17) is 0 Å². The predicted octanol–water partition coefficient (Wildman–Crippen LogP) is 5.40. The molecule has 2 atom stereocenters. The summed E-state index contributed by atoms with van der Waals surface area (Å²) in [5, 5.41) is 0. The lowest BCUT2D eigenvalue weighted by molar-refractivity contribution is -0.125. The van der Waals surface area contributed by atoms with Gasteiger partial charge in [0.05, 0.1) is 0 Å². The SMILES string of the molecule is CCC[C@@H](CC(=O)C1CCC(I)CC1)C(C)CC.